The molecule has 0 saturated heterocycles. The lowest BCUT2D eigenvalue weighted by Crippen LogP contribution is -2.02. The SMILES string of the molecule is Cc1ccc(N=Cc2cc(Cl)cc([N+](=O)[O-])c2[O-])c(F)c1. The summed E-state index contributed by atoms with van der Waals surface area (Å²) in [6, 6.07) is 6.62. The highest BCUT2D eigenvalue weighted by Crippen LogP contribution is 2.30. The predicted octanol–water partition coefficient (Wildman–Crippen LogP) is 3.52. The van der Waals surface area contributed by atoms with Gasteiger partial charge in [0.1, 0.15) is 5.82 Å². The van der Waals surface area contributed by atoms with Crippen molar-refractivity contribution in [2.45, 2.75) is 6.92 Å². The molecule has 0 N–H and O–H groups in total. The highest BCUT2D eigenvalue weighted by atomic mass is 35.5. The highest BCUT2D eigenvalue weighted by molar-refractivity contribution is 6.31. The van der Waals surface area contributed by atoms with Crippen molar-refractivity contribution in [3.05, 3.63) is 62.4 Å². The van der Waals surface area contributed by atoms with E-state index in [2.05, 4.69) is 4.99 Å². The number of halogens is 2. The third kappa shape index (κ3) is 3.35. The first-order valence-electron chi connectivity index (χ1n) is 5.83. The number of rotatable bonds is 3. The van der Waals surface area contributed by atoms with Crippen LogP contribution in [-0.4, -0.2) is 11.1 Å². The average Bonchev–Trinajstić information content (AvgIpc) is 2.40. The van der Waals surface area contributed by atoms with Gasteiger partial charge < -0.3 is 5.11 Å². The Bertz CT molecular complexity index is 747. The quantitative estimate of drug-likeness (QED) is 0.494. The molecule has 0 heterocycles. The minimum absolute atomic E-state index is 0.0302. The van der Waals surface area contributed by atoms with Crippen LogP contribution in [0.25, 0.3) is 0 Å². The summed E-state index contributed by atoms with van der Waals surface area (Å²) in [5.74, 6) is -1.36. The first kappa shape index (κ1) is 14.9. The van der Waals surface area contributed by atoms with Gasteiger partial charge in [-0.05, 0) is 42.0 Å². The van der Waals surface area contributed by atoms with E-state index in [1.54, 1.807) is 13.0 Å². The predicted molar refractivity (Wildman–Crippen MR) is 75.9 cm³/mol. The Morgan fingerprint density at radius 2 is 2.05 bits per heavy atom. The number of nitro groups is 1. The van der Waals surface area contributed by atoms with Gasteiger partial charge in [-0.2, -0.15) is 0 Å². The van der Waals surface area contributed by atoms with Crippen LogP contribution < -0.4 is 5.11 Å². The lowest BCUT2D eigenvalue weighted by Gasteiger charge is -2.10. The summed E-state index contributed by atoms with van der Waals surface area (Å²) in [5.41, 5.74) is 0.0412. The third-order valence-corrected chi connectivity index (χ3v) is 2.92. The molecule has 0 atom stereocenters. The van der Waals surface area contributed by atoms with Crippen molar-refractivity contribution in [2.75, 3.05) is 0 Å². The van der Waals surface area contributed by atoms with Crippen molar-refractivity contribution in [1.29, 1.82) is 0 Å². The van der Waals surface area contributed by atoms with Gasteiger partial charge in [-0.1, -0.05) is 17.7 Å². The van der Waals surface area contributed by atoms with Gasteiger partial charge in [0.05, 0.1) is 10.6 Å². The smallest absolute Gasteiger partial charge is 0.263 e. The molecule has 0 saturated carbocycles. The molecule has 2 aromatic rings. The molecule has 0 unspecified atom stereocenters. The molecule has 108 valence electrons. The van der Waals surface area contributed by atoms with Crippen LogP contribution in [-0.2, 0) is 0 Å². The van der Waals surface area contributed by atoms with Crippen molar-refractivity contribution in [3.63, 3.8) is 0 Å². The van der Waals surface area contributed by atoms with Crippen LogP contribution in [0, 0.1) is 22.9 Å². The second kappa shape index (κ2) is 5.88. The van der Waals surface area contributed by atoms with Gasteiger partial charge in [0, 0.05) is 17.3 Å². The Balaban J connectivity index is 2.43. The number of hydrogen-bond acceptors (Lipinski definition) is 4. The Hall–Kier alpha value is -2.47. The van der Waals surface area contributed by atoms with Crippen molar-refractivity contribution < 1.29 is 14.4 Å². The second-order valence-electron chi connectivity index (χ2n) is 4.31. The molecule has 2 rings (SSSR count). The number of hydrogen-bond donors (Lipinski definition) is 0. The molecule has 0 radical (unpaired) electrons. The van der Waals surface area contributed by atoms with Crippen LogP contribution in [0.1, 0.15) is 11.1 Å². The third-order valence-electron chi connectivity index (χ3n) is 2.71. The fourth-order valence-corrected chi connectivity index (χ4v) is 1.91. The van der Waals surface area contributed by atoms with Gasteiger partial charge in [0.2, 0.25) is 0 Å². The van der Waals surface area contributed by atoms with Gasteiger partial charge in [0.25, 0.3) is 5.69 Å². The van der Waals surface area contributed by atoms with E-state index in [0.29, 0.717) is 0 Å². The molecular weight excluding hydrogens is 299 g/mol. The molecule has 0 aromatic heterocycles. The van der Waals surface area contributed by atoms with Crippen LogP contribution >= 0.6 is 11.6 Å². The average molecular weight is 308 g/mol. The summed E-state index contributed by atoms with van der Waals surface area (Å²) in [6.45, 7) is 1.73. The molecule has 0 fully saturated rings. The summed E-state index contributed by atoms with van der Waals surface area (Å²) in [5, 5.41) is 22.6. The fraction of sp³-hybridized carbons (Fsp3) is 0.0714. The van der Waals surface area contributed by atoms with Gasteiger partial charge in [-0.25, -0.2) is 4.39 Å². The lowest BCUT2D eigenvalue weighted by molar-refractivity contribution is -0.398. The molecule has 0 bridgehead atoms. The van der Waals surface area contributed by atoms with Gasteiger partial charge >= 0.3 is 0 Å². The first-order chi connectivity index (χ1) is 9.88. The molecule has 0 aliphatic heterocycles. The van der Waals surface area contributed by atoms with E-state index in [-0.39, 0.29) is 16.3 Å². The van der Waals surface area contributed by atoms with E-state index in [9.17, 15) is 19.6 Å². The van der Waals surface area contributed by atoms with E-state index in [0.717, 1.165) is 17.8 Å². The lowest BCUT2D eigenvalue weighted by atomic mass is 10.2. The van der Waals surface area contributed by atoms with Gasteiger partial charge in [-0.15, -0.1) is 0 Å². The maximum Gasteiger partial charge on any atom is 0.263 e. The summed E-state index contributed by atoms with van der Waals surface area (Å²) in [4.78, 5) is 13.8. The van der Waals surface area contributed by atoms with Crippen LogP contribution in [0.3, 0.4) is 0 Å². The maximum atomic E-state index is 13.6. The standard InChI is InChI=1S/C14H10ClFN2O3/c1-8-2-3-12(11(16)4-8)17-7-9-5-10(15)6-13(14(9)19)18(20)21/h2-7,19H,1H3/p-1. The molecule has 5 nitrogen and oxygen atoms in total. The zero-order valence-electron chi connectivity index (χ0n) is 10.8. The van der Waals surface area contributed by atoms with E-state index in [4.69, 9.17) is 11.6 Å². The van der Waals surface area contributed by atoms with Crippen molar-refractivity contribution in [1.82, 2.24) is 0 Å². The van der Waals surface area contributed by atoms with Crippen LogP contribution in [0.2, 0.25) is 5.02 Å². The fourth-order valence-electron chi connectivity index (χ4n) is 1.69. The van der Waals surface area contributed by atoms with E-state index >= 15 is 0 Å². The minimum Gasteiger partial charge on any atom is -0.867 e. The molecule has 0 aliphatic rings. The Kier molecular flexibility index (Phi) is 4.18. The summed E-state index contributed by atoms with van der Waals surface area (Å²) in [7, 11) is 0. The molecule has 21 heavy (non-hydrogen) atoms. The Morgan fingerprint density at radius 1 is 1.33 bits per heavy atom. The molecule has 0 amide bonds. The zero-order valence-corrected chi connectivity index (χ0v) is 11.6. The van der Waals surface area contributed by atoms with Crippen LogP contribution in [0.4, 0.5) is 15.8 Å². The number of nitrogens with zero attached hydrogens (tertiary/aromatic N) is 2. The normalized spacial score (nSPS) is 11.0. The first-order valence-corrected chi connectivity index (χ1v) is 6.21. The molecule has 7 heteroatoms. The second-order valence-corrected chi connectivity index (χ2v) is 4.75. The minimum atomic E-state index is -0.821. The summed E-state index contributed by atoms with van der Waals surface area (Å²) >= 11 is 5.72. The molecule has 0 spiro atoms. The zero-order chi connectivity index (χ0) is 15.6. The van der Waals surface area contributed by atoms with Crippen molar-refractivity contribution >= 4 is 29.2 Å². The largest absolute Gasteiger partial charge is 0.867 e. The van der Waals surface area contributed by atoms with Gasteiger partial charge in [-0.3, -0.25) is 15.1 Å². The van der Waals surface area contributed by atoms with E-state index in [1.165, 1.54) is 18.2 Å². The maximum absolute atomic E-state index is 13.6. The number of aliphatic imine (C=N–C) groups is 1. The molecular formula is C14H9ClFN2O3-. The summed E-state index contributed by atoms with van der Waals surface area (Å²) < 4.78 is 13.6. The highest BCUT2D eigenvalue weighted by Gasteiger charge is 2.11. The van der Waals surface area contributed by atoms with Gasteiger partial charge in [0.15, 0.2) is 0 Å². The number of nitro benzene ring substituents is 1. The summed E-state index contributed by atoms with van der Waals surface area (Å²) in [6.07, 6.45) is 1.06. The Morgan fingerprint density at radius 3 is 2.67 bits per heavy atom. The van der Waals surface area contributed by atoms with E-state index < -0.39 is 22.2 Å². The topological polar surface area (TPSA) is 78.6 Å². The number of benzene rings is 2. The van der Waals surface area contributed by atoms with Crippen molar-refractivity contribution in [3.8, 4) is 5.75 Å². The number of aryl methyl sites for hydroxylation is 1. The van der Waals surface area contributed by atoms with Crippen molar-refractivity contribution in [2.24, 2.45) is 4.99 Å². The molecule has 2 aromatic carbocycles. The van der Waals surface area contributed by atoms with Crippen LogP contribution in [0.15, 0.2) is 35.3 Å². The monoisotopic (exact) mass is 307 g/mol. The van der Waals surface area contributed by atoms with Crippen LogP contribution in [0.5, 0.6) is 5.75 Å². The van der Waals surface area contributed by atoms with E-state index in [1.807, 2.05) is 0 Å². The molecule has 0 aliphatic carbocycles. The Labute approximate surface area is 124 Å².